The van der Waals surface area contributed by atoms with E-state index in [0.717, 1.165) is 25.3 Å². The molecule has 110 valence electrons. The zero-order valence-corrected chi connectivity index (χ0v) is 12.7. The summed E-state index contributed by atoms with van der Waals surface area (Å²) in [5.74, 6) is 1.11. The molecule has 2 aliphatic rings. The third-order valence-electron chi connectivity index (χ3n) is 4.77. The first kappa shape index (κ1) is 13.9. The Labute approximate surface area is 122 Å². The van der Waals surface area contributed by atoms with Crippen molar-refractivity contribution in [2.24, 2.45) is 0 Å². The maximum atomic E-state index is 5.95. The van der Waals surface area contributed by atoms with Crippen LogP contribution in [0.4, 0.5) is 0 Å². The highest BCUT2D eigenvalue weighted by atomic mass is 16.5. The monoisotopic (exact) mass is 274 g/mol. The average Bonchev–Trinajstić information content (AvgIpc) is 2.73. The summed E-state index contributed by atoms with van der Waals surface area (Å²) in [7, 11) is 2.24. The molecule has 1 N–H and O–H groups in total. The smallest absolute Gasteiger partial charge is 0.126 e. The Kier molecular flexibility index (Phi) is 4.27. The van der Waals surface area contributed by atoms with Crippen molar-refractivity contribution in [3.63, 3.8) is 0 Å². The molecule has 2 unspecified atom stereocenters. The first-order valence-corrected chi connectivity index (χ1v) is 7.91. The number of ether oxygens (including phenoxy) is 1. The summed E-state index contributed by atoms with van der Waals surface area (Å²) in [5.41, 5.74) is 2.61. The van der Waals surface area contributed by atoms with Crippen LogP contribution in [-0.4, -0.2) is 37.7 Å². The lowest BCUT2D eigenvalue weighted by Gasteiger charge is -2.24. The van der Waals surface area contributed by atoms with Gasteiger partial charge in [-0.25, -0.2) is 0 Å². The molecule has 20 heavy (non-hydrogen) atoms. The molecule has 2 aliphatic heterocycles. The fraction of sp³-hybridized carbons (Fsp3) is 0.647. The Morgan fingerprint density at radius 1 is 1.30 bits per heavy atom. The number of aryl methyl sites for hydroxylation is 1. The molecule has 0 amide bonds. The van der Waals surface area contributed by atoms with Gasteiger partial charge in [0.05, 0.1) is 6.61 Å². The molecule has 2 heterocycles. The lowest BCUT2D eigenvalue weighted by molar-refractivity contribution is 0.287. The molecule has 0 radical (unpaired) electrons. The molecule has 1 aromatic carbocycles. The number of likely N-dealkylation sites (N-methyl/N-ethyl adjacent to an activating group) is 1. The number of nitrogens with one attached hydrogen (secondary N) is 1. The van der Waals surface area contributed by atoms with Crippen LogP contribution in [0.1, 0.15) is 42.9 Å². The maximum Gasteiger partial charge on any atom is 0.126 e. The van der Waals surface area contributed by atoms with E-state index in [0.29, 0.717) is 12.1 Å². The van der Waals surface area contributed by atoms with Gasteiger partial charge in [0.25, 0.3) is 0 Å². The summed E-state index contributed by atoms with van der Waals surface area (Å²) in [6.07, 6.45) is 4.97. The minimum Gasteiger partial charge on any atom is -0.493 e. The third kappa shape index (κ3) is 2.84. The van der Waals surface area contributed by atoms with Crippen molar-refractivity contribution in [1.82, 2.24) is 10.2 Å². The average molecular weight is 274 g/mol. The number of likely N-dealkylation sites (tertiary alicyclic amines) is 1. The van der Waals surface area contributed by atoms with Gasteiger partial charge in [0.15, 0.2) is 0 Å². The van der Waals surface area contributed by atoms with E-state index in [2.05, 4.69) is 42.4 Å². The van der Waals surface area contributed by atoms with E-state index >= 15 is 0 Å². The van der Waals surface area contributed by atoms with Crippen LogP contribution in [0.25, 0.3) is 0 Å². The molecular formula is C17H26N2O. The number of rotatable bonds is 3. The third-order valence-corrected chi connectivity index (χ3v) is 4.77. The second-order valence-electron chi connectivity index (χ2n) is 6.22. The van der Waals surface area contributed by atoms with Crippen molar-refractivity contribution in [2.45, 2.75) is 44.7 Å². The van der Waals surface area contributed by atoms with Crippen molar-refractivity contribution in [2.75, 3.05) is 26.7 Å². The molecule has 3 heteroatoms. The van der Waals surface area contributed by atoms with Crippen LogP contribution in [-0.2, 0) is 0 Å². The highest BCUT2D eigenvalue weighted by molar-refractivity contribution is 5.43. The zero-order chi connectivity index (χ0) is 13.9. The molecule has 3 nitrogen and oxygen atoms in total. The highest BCUT2D eigenvalue weighted by Gasteiger charge is 2.24. The maximum absolute atomic E-state index is 5.95. The van der Waals surface area contributed by atoms with E-state index in [9.17, 15) is 0 Å². The Morgan fingerprint density at radius 2 is 2.20 bits per heavy atom. The van der Waals surface area contributed by atoms with Crippen molar-refractivity contribution in [1.29, 1.82) is 0 Å². The van der Waals surface area contributed by atoms with Crippen LogP contribution in [0.2, 0.25) is 0 Å². The normalized spacial score (nSPS) is 26.9. The summed E-state index contributed by atoms with van der Waals surface area (Å²) < 4.78 is 5.95. The lowest BCUT2D eigenvalue weighted by Crippen LogP contribution is -2.37. The number of para-hydroxylation sites is 1. The number of fused-ring (bicyclic) bond motifs is 1. The molecular weight excluding hydrogens is 248 g/mol. The molecule has 1 saturated heterocycles. The molecule has 0 spiro atoms. The number of benzene rings is 1. The van der Waals surface area contributed by atoms with Crippen LogP contribution >= 0.6 is 0 Å². The molecule has 1 aromatic rings. The van der Waals surface area contributed by atoms with Crippen molar-refractivity contribution in [3.05, 3.63) is 29.3 Å². The summed E-state index contributed by atoms with van der Waals surface area (Å²) >= 11 is 0. The Morgan fingerprint density at radius 3 is 3.00 bits per heavy atom. The molecule has 0 aliphatic carbocycles. The van der Waals surface area contributed by atoms with Crippen LogP contribution in [0.3, 0.4) is 0 Å². The molecule has 2 atom stereocenters. The van der Waals surface area contributed by atoms with Gasteiger partial charge >= 0.3 is 0 Å². The Bertz CT molecular complexity index is 460. The van der Waals surface area contributed by atoms with Gasteiger partial charge in [-0.1, -0.05) is 18.2 Å². The van der Waals surface area contributed by atoms with E-state index in [1.807, 2.05) is 0 Å². The van der Waals surface area contributed by atoms with Gasteiger partial charge < -0.3 is 15.0 Å². The van der Waals surface area contributed by atoms with Gasteiger partial charge in [-0.05, 0) is 51.8 Å². The standard InChI is InChI=1S/C17H26N2O/c1-13-6-3-8-15-16(9-5-11-20-17(13)15)18-12-14-7-4-10-19(14)2/h3,6,8,14,16,18H,4-5,7,9-12H2,1-2H3. The van der Waals surface area contributed by atoms with Crippen molar-refractivity contribution >= 4 is 0 Å². The summed E-state index contributed by atoms with van der Waals surface area (Å²) in [4.78, 5) is 2.48. The summed E-state index contributed by atoms with van der Waals surface area (Å²) in [6, 6.07) is 7.67. The molecule has 0 saturated carbocycles. The number of hydrogen-bond acceptors (Lipinski definition) is 3. The minimum absolute atomic E-state index is 0.446. The SMILES string of the molecule is Cc1cccc2c1OCCCC2NCC1CCCN1C. The van der Waals surface area contributed by atoms with E-state index in [1.54, 1.807) is 0 Å². The first-order chi connectivity index (χ1) is 9.75. The Balaban J connectivity index is 1.72. The van der Waals surface area contributed by atoms with Gasteiger partial charge in [-0.3, -0.25) is 0 Å². The quantitative estimate of drug-likeness (QED) is 0.917. The van der Waals surface area contributed by atoms with Crippen molar-refractivity contribution in [3.8, 4) is 5.75 Å². The predicted molar refractivity (Wildman–Crippen MR) is 82.3 cm³/mol. The van der Waals surface area contributed by atoms with E-state index in [4.69, 9.17) is 4.74 Å². The zero-order valence-electron chi connectivity index (χ0n) is 12.7. The Hall–Kier alpha value is -1.06. The van der Waals surface area contributed by atoms with Crippen LogP contribution in [0.5, 0.6) is 5.75 Å². The second-order valence-corrected chi connectivity index (χ2v) is 6.22. The van der Waals surface area contributed by atoms with Gasteiger partial charge in [0.1, 0.15) is 5.75 Å². The molecule has 3 rings (SSSR count). The largest absolute Gasteiger partial charge is 0.493 e. The number of nitrogens with zero attached hydrogens (tertiary/aromatic N) is 1. The first-order valence-electron chi connectivity index (χ1n) is 7.91. The van der Waals surface area contributed by atoms with Crippen LogP contribution in [0.15, 0.2) is 18.2 Å². The van der Waals surface area contributed by atoms with Crippen molar-refractivity contribution < 1.29 is 4.74 Å². The van der Waals surface area contributed by atoms with Crippen LogP contribution in [0, 0.1) is 6.92 Å². The molecule has 1 fully saturated rings. The summed E-state index contributed by atoms with van der Waals surface area (Å²) in [6.45, 7) is 5.33. The van der Waals surface area contributed by atoms with Crippen LogP contribution < -0.4 is 10.1 Å². The van der Waals surface area contributed by atoms with Gasteiger partial charge in [0, 0.05) is 24.2 Å². The topological polar surface area (TPSA) is 24.5 Å². The molecule has 0 bridgehead atoms. The van der Waals surface area contributed by atoms with E-state index < -0.39 is 0 Å². The van der Waals surface area contributed by atoms with E-state index in [-0.39, 0.29) is 0 Å². The van der Waals surface area contributed by atoms with Gasteiger partial charge in [0.2, 0.25) is 0 Å². The predicted octanol–water partition coefficient (Wildman–Crippen LogP) is 2.89. The fourth-order valence-electron chi connectivity index (χ4n) is 3.49. The fourth-order valence-corrected chi connectivity index (χ4v) is 3.49. The van der Waals surface area contributed by atoms with E-state index in [1.165, 1.54) is 36.9 Å². The second kappa shape index (κ2) is 6.15. The molecule has 0 aromatic heterocycles. The number of hydrogen-bond donors (Lipinski definition) is 1. The van der Waals surface area contributed by atoms with Gasteiger partial charge in [-0.15, -0.1) is 0 Å². The minimum atomic E-state index is 0.446. The lowest BCUT2D eigenvalue weighted by atomic mass is 9.99. The highest BCUT2D eigenvalue weighted by Crippen LogP contribution is 2.34. The van der Waals surface area contributed by atoms with Gasteiger partial charge in [-0.2, -0.15) is 0 Å². The summed E-state index contributed by atoms with van der Waals surface area (Å²) in [5, 5.41) is 3.80.